The van der Waals surface area contributed by atoms with E-state index in [4.69, 9.17) is 28.7 Å². The van der Waals surface area contributed by atoms with Gasteiger partial charge in [-0.2, -0.15) is 0 Å². The molecule has 3 nitrogen and oxygen atoms in total. The Kier molecular flexibility index (Phi) is 5.75. The molecule has 0 heterocycles. The number of alkyl halides is 2. The van der Waals surface area contributed by atoms with E-state index in [1.807, 2.05) is 0 Å². The number of rotatable bonds is 5. The summed E-state index contributed by atoms with van der Waals surface area (Å²) in [6.07, 6.45) is 0. The molecule has 0 aliphatic heterocycles. The number of halogens is 2. The van der Waals surface area contributed by atoms with E-state index in [-0.39, 0.29) is 0 Å². The van der Waals surface area contributed by atoms with Gasteiger partial charge in [-0.25, -0.2) is 4.67 Å². The topological polar surface area (TPSA) is 46.3 Å². The molecule has 0 aliphatic carbocycles. The van der Waals surface area contributed by atoms with Gasteiger partial charge in [-0.15, -0.1) is 23.2 Å². The second-order valence-electron chi connectivity index (χ2n) is 2.27. The van der Waals surface area contributed by atoms with Crippen LogP contribution in [0.15, 0.2) is 0 Å². The quantitative estimate of drug-likeness (QED) is 0.563. The van der Waals surface area contributed by atoms with Crippen LogP contribution in [-0.2, 0) is 4.57 Å². The van der Waals surface area contributed by atoms with E-state index in [1.165, 1.54) is 6.66 Å². The molecule has 1 atom stereocenters. The molecular formula is C5H13Cl2N2OP. The second kappa shape index (κ2) is 5.39. The van der Waals surface area contributed by atoms with Gasteiger partial charge in [0.25, 0.3) is 0 Å². The Morgan fingerprint density at radius 3 is 1.91 bits per heavy atom. The van der Waals surface area contributed by atoms with Crippen molar-refractivity contribution in [3.8, 4) is 0 Å². The zero-order chi connectivity index (χ0) is 8.91. The first-order valence-corrected chi connectivity index (χ1v) is 6.50. The molecule has 0 saturated heterocycles. The fourth-order valence-corrected chi connectivity index (χ4v) is 2.34. The summed E-state index contributed by atoms with van der Waals surface area (Å²) in [6.45, 7) is 2.56. The van der Waals surface area contributed by atoms with Gasteiger partial charge >= 0.3 is 0 Å². The molecule has 0 rings (SSSR count). The third-order valence-corrected chi connectivity index (χ3v) is 3.11. The summed E-state index contributed by atoms with van der Waals surface area (Å²) in [4.78, 5) is 0. The molecule has 1 unspecified atom stereocenters. The molecule has 0 bridgehead atoms. The van der Waals surface area contributed by atoms with Crippen molar-refractivity contribution in [1.29, 1.82) is 0 Å². The van der Waals surface area contributed by atoms with Crippen molar-refractivity contribution in [1.82, 2.24) is 4.67 Å². The highest BCUT2D eigenvalue weighted by Gasteiger charge is 2.18. The van der Waals surface area contributed by atoms with Crippen LogP contribution in [-0.4, -0.2) is 36.2 Å². The first-order chi connectivity index (χ1) is 5.02. The van der Waals surface area contributed by atoms with Crippen LogP contribution in [0.3, 0.4) is 0 Å². The summed E-state index contributed by atoms with van der Waals surface area (Å²) in [7, 11) is -2.64. The van der Waals surface area contributed by atoms with Crippen molar-refractivity contribution in [3.05, 3.63) is 0 Å². The number of nitrogens with two attached hydrogens (primary N) is 1. The Labute approximate surface area is 77.3 Å². The maximum atomic E-state index is 11.3. The fraction of sp³-hybridized carbons (Fsp3) is 1.00. The summed E-state index contributed by atoms with van der Waals surface area (Å²) < 4.78 is 12.9. The van der Waals surface area contributed by atoms with Gasteiger partial charge in [-0.05, 0) is 0 Å². The zero-order valence-corrected chi connectivity index (χ0v) is 8.87. The van der Waals surface area contributed by atoms with Gasteiger partial charge in [-0.3, -0.25) is 10.1 Å². The lowest BCUT2D eigenvalue weighted by atomic mass is 10.6. The van der Waals surface area contributed by atoms with Crippen molar-refractivity contribution >= 4 is 30.6 Å². The molecule has 0 amide bonds. The predicted molar refractivity (Wildman–Crippen MR) is 50.7 cm³/mol. The number of hydrogen-bond acceptors (Lipinski definition) is 1. The van der Waals surface area contributed by atoms with Gasteiger partial charge in [0.05, 0.1) is 0 Å². The molecule has 0 aromatic heterocycles. The summed E-state index contributed by atoms with van der Waals surface area (Å²) in [5.41, 5.74) is 5.42. The van der Waals surface area contributed by atoms with Gasteiger partial charge in [-0.1, -0.05) is 0 Å². The first kappa shape index (κ1) is 11.7. The Balaban J connectivity index is 3.99. The largest absolute Gasteiger partial charge is 0.290 e. The molecule has 0 aliphatic rings. The average Bonchev–Trinajstić information content (AvgIpc) is 1.85. The summed E-state index contributed by atoms with van der Waals surface area (Å²) in [5, 5.41) is 0. The Morgan fingerprint density at radius 1 is 1.36 bits per heavy atom. The summed E-state index contributed by atoms with van der Waals surface area (Å²) in [5.74, 6) is 0.845. The van der Waals surface area contributed by atoms with Gasteiger partial charge in [0, 0.05) is 31.5 Å². The van der Waals surface area contributed by atoms with E-state index in [0.717, 1.165) is 0 Å². The molecule has 0 fully saturated rings. The van der Waals surface area contributed by atoms with Crippen molar-refractivity contribution in [2.45, 2.75) is 0 Å². The highest BCUT2D eigenvalue weighted by molar-refractivity contribution is 7.58. The van der Waals surface area contributed by atoms with E-state index >= 15 is 0 Å². The number of hydrogen-bond donors (Lipinski definition) is 1. The van der Waals surface area contributed by atoms with Crippen LogP contribution < -0.4 is 5.50 Å². The molecule has 2 N–H and O–H groups in total. The van der Waals surface area contributed by atoms with Gasteiger partial charge < -0.3 is 0 Å². The minimum atomic E-state index is -2.64. The van der Waals surface area contributed by atoms with E-state index < -0.39 is 7.44 Å². The molecule has 11 heavy (non-hydrogen) atoms. The maximum Gasteiger partial charge on any atom is 0.208 e. The van der Waals surface area contributed by atoms with E-state index in [1.54, 1.807) is 4.67 Å². The average molecular weight is 219 g/mol. The maximum absolute atomic E-state index is 11.3. The third-order valence-electron chi connectivity index (χ3n) is 1.25. The minimum Gasteiger partial charge on any atom is -0.290 e. The molecular weight excluding hydrogens is 206 g/mol. The zero-order valence-electron chi connectivity index (χ0n) is 6.46. The molecule has 0 aromatic rings. The smallest absolute Gasteiger partial charge is 0.208 e. The van der Waals surface area contributed by atoms with Gasteiger partial charge in [0.1, 0.15) is 0 Å². The first-order valence-electron chi connectivity index (χ1n) is 3.25. The Hall–Kier alpha value is 0.730. The Bertz CT molecular complexity index is 143. The second-order valence-corrected chi connectivity index (χ2v) is 5.48. The molecule has 68 valence electrons. The standard InChI is InChI=1S/C5H13Cl2N2OP/c1-11(8,10)9(4-2-6)5-3-7/h2-5H2,1H3,(H2,8,10). The molecule has 0 radical (unpaired) electrons. The molecule has 0 spiro atoms. The lowest BCUT2D eigenvalue weighted by Gasteiger charge is -2.23. The van der Waals surface area contributed by atoms with Crippen LogP contribution in [0.2, 0.25) is 0 Å². The third kappa shape index (κ3) is 5.05. The highest BCUT2D eigenvalue weighted by atomic mass is 35.5. The monoisotopic (exact) mass is 218 g/mol. The van der Waals surface area contributed by atoms with Gasteiger partial charge in [0.2, 0.25) is 7.44 Å². The number of nitrogens with zero attached hydrogens (tertiary/aromatic N) is 1. The van der Waals surface area contributed by atoms with Crippen LogP contribution in [0.4, 0.5) is 0 Å². The lowest BCUT2D eigenvalue weighted by Crippen LogP contribution is -2.27. The Morgan fingerprint density at radius 2 is 1.73 bits per heavy atom. The fourth-order valence-electron chi connectivity index (χ4n) is 0.704. The normalized spacial score (nSPS) is 16.8. The van der Waals surface area contributed by atoms with Crippen molar-refractivity contribution in [2.24, 2.45) is 5.50 Å². The summed E-state index contributed by atoms with van der Waals surface area (Å²) in [6, 6.07) is 0. The molecule has 6 heteroatoms. The van der Waals surface area contributed by atoms with E-state index in [9.17, 15) is 4.57 Å². The van der Waals surface area contributed by atoms with Crippen molar-refractivity contribution in [2.75, 3.05) is 31.5 Å². The lowest BCUT2D eigenvalue weighted by molar-refractivity contribution is 0.451. The van der Waals surface area contributed by atoms with Crippen LogP contribution >= 0.6 is 30.6 Å². The predicted octanol–water partition coefficient (Wildman–Crippen LogP) is 1.55. The van der Waals surface area contributed by atoms with Crippen LogP contribution in [0.1, 0.15) is 0 Å². The molecule has 0 saturated carbocycles. The van der Waals surface area contributed by atoms with Crippen molar-refractivity contribution < 1.29 is 4.57 Å². The van der Waals surface area contributed by atoms with Crippen LogP contribution in [0.25, 0.3) is 0 Å². The summed E-state index contributed by atoms with van der Waals surface area (Å²) >= 11 is 11.0. The van der Waals surface area contributed by atoms with Crippen LogP contribution in [0, 0.1) is 0 Å². The van der Waals surface area contributed by atoms with Crippen LogP contribution in [0.5, 0.6) is 0 Å². The van der Waals surface area contributed by atoms with E-state index in [0.29, 0.717) is 24.8 Å². The van der Waals surface area contributed by atoms with E-state index in [2.05, 4.69) is 0 Å². The highest BCUT2D eigenvalue weighted by Crippen LogP contribution is 2.35. The van der Waals surface area contributed by atoms with Gasteiger partial charge in [0.15, 0.2) is 0 Å². The van der Waals surface area contributed by atoms with Crippen molar-refractivity contribution in [3.63, 3.8) is 0 Å². The molecule has 0 aromatic carbocycles. The SMILES string of the molecule is CP(N)(=O)N(CCCl)CCCl. The minimum absolute atomic E-state index is 0.423.